The average molecular weight is 307 g/mol. The molecule has 1 aromatic rings. The normalized spacial score (nSPS) is 17.8. The van der Waals surface area contributed by atoms with Crippen molar-refractivity contribution < 1.29 is 4.79 Å². The largest absolute Gasteiger partial charge is 0.382 e. The van der Waals surface area contributed by atoms with E-state index in [4.69, 9.17) is 23.1 Å². The Morgan fingerprint density at radius 3 is 2.79 bits per heavy atom. The second-order valence-corrected chi connectivity index (χ2v) is 4.49. The molecule has 9 heteroatoms. The summed E-state index contributed by atoms with van der Waals surface area (Å²) in [6.45, 7) is 1.51. The smallest absolute Gasteiger partial charge is 0.273 e. The highest BCUT2D eigenvalue weighted by molar-refractivity contribution is 6.31. The van der Waals surface area contributed by atoms with Gasteiger partial charge in [0, 0.05) is 12.6 Å². The Hall–Kier alpha value is -1.31. The van der Waals surface area contributed by atoms with Crippen molar-refractivity contribution in [2.45, 2.75) is 18.9 Å². The highest BCUT2D eigenvalue weighted by atomic mass is 35.5. The van der Waals surface area contributed by atoms with Crippen LogP contribution in [0.25, 0.3) is 0 Å². The van der Waals surface area contributed by atoms with Crippen LogP contribution in [0.4, 0.5) is 11.6 Å². The van der Waals surface area contributed by atoms with Gasteiger partial charge in [0.25, 0.3) is 5.91 Å². The monoisotopic (exact) mass is 306 g/mol. The molecule has 6 N–H and O–H groups in total. The maximum atomic E-state index is 11.9. The van der Waals surface area contributed by atoms with Gasteiger partial charge >= 0.3 is 0 Å². The average Bonchev–Trinajstić information content (AvgIpc) is 2.84. The van der Waals surface area contributed by atoms with E-state index in [2.05, 4.69) is 20.6 Å². The summed E-state index contributed by atoms with van der Waals surface area (Å²) < 4.78 is 0. The molecular weight excluding hydrogens is 291 g/mol. The molecule has 0 unspecified atom stereocenters. The molecule has 0 aliphatic carbocycles. The van der Waals surface area contributed by atoms with E-state index in [0.29, 0.717) is 12.6 Å². The first-order valence-corrected chi connectivity index (χ1v) is 6.06. The molecule has 0 aromatic carbocycles. The van der Waals surface area contributed by atoms with Crippen molar-refractivity contribution in [3.8, 4) is 0 Å². The molecule has 1 aromatic heterocycles. The van der Waals surface area contributed by atoms with Crippen LogP contribution in [0.15, 0.2) is 0 Å². The Labute approximate surface area is 121 Å². The molecule has 0 bridgehead atoms. The fourth-order valence-electron chi connectivity index (χ4n) is 1.84. The van der Waals surface area contributed by atoms with Crippen molar-refractivity contribution in [3.63, 3.8) is 0 Å². The number of nitrogens with one attached hydrogen (secondary N) is 2. The highest BCUT2D eigenvalue weighted by Gasteiger charge is 2.18. The van der Waals surface area contributed by atoms with Gasteiger partial charge < -0.3 is 22.1 Å². The number of carbonyl (C=O) groups is 1. The highest BCUT2D eigenvalue weighted by Crippen LogP contribution is 2.17. The molecule has 1 saturated heterocycles. The minimum absolute atomic E-state index is 0. The van der Waals surface area contributed by atoms with E-state index in [0.717, 1.165) is 19.4 Å². The summed E-state index contributed by atoms with van der Waals surface area (Å²) in [5, 5.41) is 6.00. The van der Waals surface area contributed by atoms with Crippen molar-refractivity contribution in [1.82, 2.24) is 20.6 Å². The van der Waals surface area contributed by atoms with Crippen molar-refractivity contribution in [2.75, 3.05) is 24.6 Å². The number of rotatable bonds is 3. The summed E-state index contributed by atoms with van der Waals surface area (Å²) in [6.07, 6.45) is 2.17. The van der Waals surface area contributed by atoms with Gasteiger partial charge in [0.1, 0.15) is 0 Å². The van der Waals surface area contributed by atoms with E-state index in [1.807, 2.05) is 0 Å². The number of hydrogen-bond acceptors (Lipinski definition) is 6. The van der Waals surface area contributed by atoms with Crippen LogP contribution in [0.3, 0.4) is 0 Å². The summed E-state index contributed by atoms with van der Waals surface area (Å²) in [6, 6.07) is 0.299. The van der Waals surface area contributed by atoms with E-state index >= 15 is 0 Å². The maximum Gasteiger partial charge on any atom is 0.273 e. The van der Waals surface area contributed by atoms with Gasteiger partial charge in [0.2, 0.25) is 0 Å². The number of halogens is 2. The summed E-state index contributed by atoms with van der Waals surface area (Å²) in [7, 11) is 0. The van der Waals surface area contributed by atoms with Crippen molar-refractivity contribution in [3.05, 3.63) is 10.8 Å². The third-order valence-corrected chi connectivity index (χ3v) is 3.07. The van der Waals surface area contributed by atoms with Crippen LogP contribution in [0.5, 0.6) is 0 Å². The zero-order valence-electron chi connectivity index (χ0n) is 10.1. The lowest BCUT2D eigenvalue weighted by Crippen LogP contribution is -2.37. The first kappa shape index (κ1) is 15.7. The summed E-state index contributed by atoms with van der Waals surface area (Å²) >= 11 is 5.71. The molecule has 0 saturated carbocycles. The standard InChI is InChI=1S/C10H15ClN6O.ClH/c11-7-9(13)17-8(12)6(16-7)10(18)15-4-5-2-1-3-14-5;/h5,14H,1-4H2,(H,15,18)(H4,12,13,17);1H/t5-;/m1./s1. The Balaban J connectivity index is 0.00000180. The van der Waals surface area contributed by atoms with Gasteiger partial charge in [-0.3, -0.25) is 4.79 Å². The number of anilines is 2. The first-order chi connectivity index (χ1) is 8.58. The van der Waals surface area contributed by atoms with E-state index < -0.39 is 5.91 Å². The molecule has 1 aliphatic heterocycles. The quantitative estimate of drug-likeness (QED) is 0.633. The van der Waals surface area contributed by atoms with Crippen LogP contribution in [0.1, 0.15) is 23.3 Å². The van der Waals surface area contributed by atoms with Crippen LogP contribution in [-0.2, 0) is 0 Å². The second kappa shape index (κ2) is 6.74. The van der Waals surface area contributed by atoms with Gasteiger partial charge in [-0.2, -0.15) is 0 Å². The van der Waals surface area contributed by atoms with Crippen molar-refractivity contribution in [2.24, 2.45) is 0 Å². The van der Waals surface area contributed by atoms with Gasteiger partial charge in [-0.15, -0.1) is 12.4 Å². The Morgan fingerprint density at radius 2 is 2.16 bits per heavy atom. The maximum absolute atomic E-state index is 11.9. The van der Waals surface area contributed by atoms with Gasteiger partial charge in [0.15, 0.2) is 22.5 Å². The van der Waals surface area contributed by atoms with Crippen molar-refractivity contribution >= 4 is 41.6 Å². The number of nitrogen functional groups attached to an aromatic ring is 2. The Kier molecular flexibility index (Phi) is 5.59. The second-order valence-electron chi connectivity index (χ2n) is 4.14. The van der Waals surface area contributed by atoms with Gasteiger partial charge in [-0.05, 0) is 19.4 Å². The molecule has 19 heavy (non-hydrogen) atoms. The minimum atomic E-state index is -0.393. The van der Waals surface area contributed by atoms with Crippen LogP contribution in [-0.4, -0.2) is 35.0 Å². The Morgan fingerprint density at radius 1 is 1.42 bits per heavy atom. The number of nitrogens with zero attached hydrogens (tertiary/aromatic N) is 2. The van der Waals surface area contributed by atoms with E-state index in [1.165, 1.54) is 0 Å². The third-order valence-electron chi connectivity index (χ3n) is 2.79. The molecule has 7 nitrogen and oxygen atoms in total. The minimum Gasteiger partial charge on any atom is -0.382 e. The number of amides is 1. The first-order valence-electron chi connectivity index (χ1n) is 5.68. The molecule has 1 fully saturated rings. The zero-order chi connectivity index (χ0) is 13.1. The number of nitrogens with two attached hydrogens (primary N) is 2. The molecule has 1 aliphatic rings. The molecule has 106 valence electrons. The third kappa shape index (κ3) is 3.82. The predicted molar refractivity (Wildman–Crippen MR) is 76.5 cm³/mol. The van der Waals surface area contributed by atoms with E-state index in [-0.39, 0.29) is 34.9 Å². The van der Waals surface area contributed by atoms with Gasteiger partial charge in [-0.25, -0.2) is 9.97 Å². The SMILES string of the molecule is Cl.Nc1nc(N)c(C(=O)NC[C@H]2CCCN2)nc1Cl. The van der Waals surface area contributed by atoms with Gasteiger partial charge in [-0.1, -0.05) is 11.6 Å². The summed E-state index contributed by atoms with van der Waals surface area (Å²) in [4.78, 5) is 19.5. The molecule has 1 amide bonds. The summed E-state index contributed by atoms with van der Waals surface area (Å²) in [5.41, 5.74) is 11.0. The number of carbonyl (C=O) groups excluding carboxylic acids is 1. The zero-order valence-corrected chi connectivity index (χ0v) is 11.7. The fourth-order valence-corrected chi connectivity index (χ4v) is 1.97. The lowest BCUT2D eigenvalue weighted by atomic mass is 10.2. The molecule has 2 rings (SSSR count). The summed E-state index contributed by atoms with van der Waals surface area (Å²) in [5.74, 6) is -0.396. The fraction of sp³-hybridized carbons (Fsp3) is 0.500. The van der Waals surface area contributed by atoms with E-state index in [9.17, 15) is 4.79 Å². The Bertz CT molecular complexity index is 464. The van der Waals surface area contributed by atoms with Crippen molar-refractivity contribution in [1.29, 1.82) is 0 Å². The molecule has 0 spiro atoms. The molecule has 1 atom stereocenters. The van der Waals surface area contributed by atoms with Gasteiger partial charge in [0.05, 0.1) is 0 Å². The van der Waals surface area contributed by atoms with Crippen LogP contribution in [0, 0.1) is 0 Å². The lowest BCUT2D eigenvalue weighted by molar-refractivity contribution is 0.0946. The number of hydrogen-bond donors (Lipinski definition) is 4. The number of aromatic nitrogens is 2. The van der Waals surface area contributed by atoms with Crippen LogP contribution >= 0.6 is 24.0 Å². The topological polar surface area (TPSA) is 119 Å². The molecule has 2 heterocycles. The molecule has 0 radical (unpaired) electrons. The lowest BCUT2D eigenvalue weighted by Gasteiger charge is -2.12. The van der Waals surface area contributed by atoms with Crippen LogP contribution in [0.2, 0.25) is 5.15 Å². The predicted octanol–water partition coefficient (Wildman–Crippen LogP) is 0.198. The molecular formula is C10H16Cl2N6O. The van der Waals surface area contributed by atoms with E-state index in [1.54, 1.807) is 0 Å². The van der Waals surface area contributed by atoms with Crippen LogP contribution < -0.4 is 22.1 Å².